The van der Waals surface area contributed by atoms with Crippen molar-refractivity contribution in [3.8, 4) is 0 Å². The highest BCUT2D eigenvalue weighted by Crippen LogP contribution is 2.33. The van der Waals surface area contributed by atoms with E-state index in [1.807, 2.05) is 12.2 Å². The maximum absolute atomic E-state index is 4.91. The predicted molar refractivity (Wildman–Crippen MR) is 180 cm³/mol. The molecule has 216 valence electrons. The van der Waals surface area contributed by atoms with Crippen LogP contribution in [0, 0.1) is 20.8 Å². The number of aliphatic imine (C=N–C) groups is 1. The third kappa shape index (κ3) is 7.26. The molecule has 0 amide bonds. The van der Waals surface area contributed by atoms with E-state index in [0.717, 1.165) is 55.7 Å². The van der Waals surface area contributed by atoms with Gasteiger partial charge in [0.15, 0.2) is 0 Å². The molecule has 2 aliphatic heterocycles. The molecule has 0 N–H and O–H groups in total. The molecule has 2 atom stereocenters. The third-order valence-corrected chi connectivity index (χ3v) is 8.92. The van der Waals surface area contributed by atoms with Gasteiger partial charge in [0, 0.05) is 36.6 Å². The van der Waals surface area contributed by atoms with E-state index in [4.69, 9.17) is 4.99 Å². The summed E-state index contributed by atoms with van der Waals surface area (Å²) in [5.74, 6) is 0. The first-order valence-corrected chi connectivity index (χ1v) is 15.1. The lowest BCUT2D eigenvalue weighted by Gasteiger charge is -2.28. The normalized spacial score (nSPS) is 19.5. The van der Waals surface area contributed by atoms with Gasteiger partial charge in [0.2, 0.25) is 0 Å². The van der Waals surface area contributed by atoms with Crippen LogP contribution in [0.4, 0.5) is 5.69 Å². The fourth-order valence-corrected chi connectivity index (χ4v) is 6.38. The van der Waals surface area contributed by atoms with Crippen LogP contribution in [-0.2, 0) is 12.8 Å². The Balaban J connectivity index is 1.33. The fraction of sp³-hybridized carbons (Fsp3) is 0.395. The highest BCUT2D eigenvalue weighted by molar-refractivity contribution is 5.75. The molecular weight excluding hydrogens is 498 g/mol. The molecule has 41 heavy (non-hydrogen) atoms. The topological polar surface area (TPSA) is 18.8 Å². The Morgan fingerprint density at radius 2 is 1.49 bits per heavy atom. The van der Waals surface area contributed by atoms with Gasteiger partial charge in [-0.05, 0) is 118 Å². The summed E-state index contributed by atoms with van der Waals surface area (Å²) in [6.45, 7) is 29.4. The van der Waals surface area contributed by atoms with Gasteiger partial charge in [-0.15, -0.1) is 6.58 Å². The van der Waals surface area contributed by atoms with Gasteiger partial charge < -0.3 is 4.90 Å². The Morgan fingerprint density at radius 1 is 0.854 bits per heavy atom. The Morgan fingerprint density at radius 3 is 2.12 bits per heavy atom. The zero-order chi connectivity index (χ0) is 29.7. The summed E-state index contributed by atoms with van der Waals surface area (Å²) >= 11 is 0. The molecule has 2 aromatic carbocycles. The Kier molecular flexibility index (Phi) is 10.0. The van der Waals surface area contributed by atoms with Gasteiger partial charge in [-0.25, -0.2) is 0 Å². The van der Waals surface area contributed by atoms with Crippen molar-refractivity contribution in [3.05, 3.63) is 113 Å². The molecule has 0 aliphatic carbocycles. The van der Waals surface area contributed by atoms with Crippen molar-refractivity contribution >= 4 is 23.7 Å². The number of hydrogen-bond acceptors (Lipinski definition) is 3. The van der Waals surface area contributed by atoms with Crippen molar-refractivity contribution in [2.24, 2.45) is 4.99 Å². The number of likely N-dealkylation sites (tertiary alicyclic amines) is 2. The number of rotatable bonds is 12. The summed E-state index contributed by atoms with van der Waals surface area (Å²) in [4.78, 5) is 9.57. The number of likely N-dealkylation sites (N-methyl/N-ethyl adjacent to an activating group) is 1. The van der Waals surface area contributed by atoms with Crippen LogP contribution in [-0.4, -0.2) is 48.2 Å². The maximum atomic E-state index is 4.91. The number of unbranched alkanes of at least 4 members (excludes halogenated alkanes) is 2. The number of nitrogens with zero attached hydrogens (tertiary/aromatic N) is 3. The lowest BCUT2D eigenvalue weighted by atomic mass is 9.93. The number of hydrogen-bond donors (Lipinski definition) is 0. The quantitative estimate of drug-likeness (QED) is 0.150. The highest BCUT2D eigenvalue weighted by Gasteiger charge is 2.27. The zero-order valence-corrected chi connectivity index (χ0v) is 25.9. The molecule has 2 heterocycles. The molecule has 2 fully saturated rings. The molecule has 2 aromatic rings. The van der Waals surface area contributed by atoms with Crippen LogP contribution in [0.2, 0.25) is 0 Å². The first kappa shape index (κ1) is 30.5. The molecule has 0 aromatic heterocycles. The Hall–Kier alpha value is -3.43. The van der Waals surface area contributed by atoms with Crippen LogP contribution >= 0.6 is 0 Å². The molecule has 0 radical (unpaired) electrons. The predicted octanol–water partition coefficient (Wildman–Crippen LogP) is 8.96. The highest BCUT2D eigenvalue weighted by atomic mass is 15.2. The molecule has 0 spiro atoms. The largest absolute Gasteiger partial charge is 0.361 e. The summed E-state index contributed by atoms with van der Waals surface area (Å²) in [5, 5.41) is 0. The van der Waals surface area contributed by atoms with Crippen LogP contribution in [0.5, 0.6) is 0 Å². The second kappa shape index (κ2) is 13.5. The Labute approximate surface area is 249 Å². The molecule has 4 rings (SSSR count). The minimum absolute atomic E-state index is 0.295. The maximum Gasteiger partial charge on any atom is 0.0701 e. The minimum Gasteiger partial charge on any atom is -0.361 e. The van der Waals surface area contributed by atoms with E-state index in [1.54, 1.807) is 0 Å². The van der Waals surface area contributed by atoms with E-state index < -0.39 is 0 Å². The van der Waals surface area contributed by atoms with Crippen molar-refractivity contribution in [2.45, 2.75) is 77.8 Å². The first-order chi connectivity index (χ1) is 19.6. The second-order valence-electron chi connectivity index (χ2n) is 12.2. The fourth-order valence-electron chi connectivity index (χ4n) is 6.38. The summed E-state index contributed by atoms with van der Waals surface area (Å²) in [7, 11) is 2.14. The van der Waals surface area contributed by atoms with Crippen molar-refractivity contribution in [1.29, 1.82) is 0 Å². The van der Waals surface area contributed by atoms with Crippen LogP contribution in [0.3, 0.4) is 0 Å². The van der Waals surface area contributed by atoms with Crippen molar-refractivity contribution in [2.75, 3.05) is 20.1 Å². The molecule has 3 nitrogen and oxygen atoms in total. The van der Waals surface area contributed by atoms with Crippen molar-refractivity contribution < 1.29 is 0 Å². The second-order valence-corrected chi connectivity index (χ2v) is 12.2. The molecule has 2 saturated heterocycles. The van der Waals surface area contributed by atoms with Crippen LogP contribution < -0.4 is 0 Å². The van der Waals surface area contributed by atoms with Gasteiger partial charge >= 0.3 is 0 Å². The standard InChI is InChI=1S/C38H49N3/c1-10-32-19-28(5)34(22-38(32)39-23-36-18-26(3)24-40(36)9)16-14-12-13-15-33-20-30(7)37(21-29(33)6)31(8)41-25-27(4)17-35(41)11-2/h10-11,19-23,35-36H,1-4,8,12-18,24-25H2,5-7,9H3/b39-23-. The first-order valence-electron chi connectivity index (χ1n) is 15.1. The van der Waals surface area contributed by atoms with E-state index in [1.165, 1.54) is 63.8 Å². The lowest BCUT2D eigenvalue weighted by molar-refractivity contribution is 0.381. The zero-order valence-electron chi connectivity index (χ0n) is 25.9. The SMILES string of the molecule is C=Cc1cc(C)c(CCCCCc2cc(C)c(C(=C)N3CC(=C)CC3C=C)cc2C)cc1/N=C\C1CC(=C)CN1C. The van der Waals surface area contributed by atoms with E-state index >= 15 is 0 Å². The summed E-state index contributed by atoms with van der Waals surface area (Å²) in [6.07, 6.45) is 13.8. The number of aryl methyl sites for hydroxylation is 5. The summed E-state index contributed by atoms with van der Waals surface area (Å²) in [5.41, 5.74) is 13.8. The van der Waals surface area contributed by atoms with Crippen molar-refractivity contribution in [3.63, 3.8) is 0 Å². The van der Waals surface area contributed by atoms with Crippen LogP contribution in [0.1, 0.15) is 71.0 Å². The monoisotopic (exact) mass is 547 g/mol. The van der Waals surface area contributed by atoms with Crippen LogP contribution in [0.25, 0.3) is 11.8 Å². The number of benzene rings is 2. The summed E-state index contributed by atoms with van der Waals surface area (Å²) in [6, 6.07) is 9.85. The molecule has 0 saturated carbocycles. The van der Waals surface area contributed by atoms with E-state index in [0.29, 0.717) is 12.1 Å². The molecular formula is C38H49N3. The van der Waals surface area contributed by atoms with Gasteiger partial charge in [-0.2, -0.15) is 0 Å². The average molecular weight is 548 g/mol. The van der Waals surface area contributed by atoms with Crippen LogP contribution in [0.15, 0.2) is 79.4 Å². The van der Waals surface area contributed by atoms with Gasteiger partial charge in [-0.1, -0.05) is 62.1 Å². The van der Waals surface area contributed by atoms with Gasteiger partial charge in [-0.3, -0.25) is 9.89 Å². The van der Waals surface area contributed by atoms with E-state index in [2.05, 4.69) is 101 Å². The minimum atomic E-state index is 0.295. The molecule has 0 bridgehead atoms. The molecule has 3 heteroatoms. The van der Waals surface area contributed by atoms with E-state index in [-0.39, 0.29) is 0 Å². The van der Waals surface area contributed by atoms with E-state index in [9.17, 15) is 0 Å². The smallest absolute Gasteiger partial charge is 0.0701 e. The third-order valence-electron chi connectivity index (χ3n) is 8.92. The summed E-state index contributed by atoms with van der Waals surface area (Å²) < 4.78 is 0. The average Bonchev–Trinajstić information content (AvgIpc) is 3.49. The molecule has 2 unspecified atom stereocenters. The van der Waals surface area contributed by atoms with Gasteiger partial charge in [0.25, 0.3) is 0 Å². The van der Waals surface area contributed by atoms with Gasteiger partial charge in [0.05, 0.1) is 11.7 Å². The van der Waals surface area contributed by atoms with Crippen molar-refractivity contribution in [1.82, 2.24) is 9.80 Å². The van der Waals surface area contributed by atoms with Gasteiger partial charge in [0.1, 0.15) is 0 Å². The Bertz CT molecular complexity index is 1370. The lowest BCUT2D eigenvalue weighted by Crippen LogP contribution is -2.26. The molecule has 2 aliphatic rings.